The number of para-hydroxylation sites is 3. The van der Waals surface area contributed by atoms with Gasteiger partial charge in [-0.2, -0.15) is 0 Å². The SMILES string of the molecule is [2H]c1c([2H])c([2H])c(-c2nc(-c3ccc4oc5ccccc5c4c3)nc(-c3cccc4c3sc3cc(-n5c6ccccc6c6ccccc65)ccc34)n2)c([2H])c1[2H]. The molecule has 51 heavy (non-hydrogen) atoms. The van der Waals surface area contributed by atoms with Crippen LogP contribution in [0.5, 0.6) is 0 Å². The van der Waals surface area contributed by atoms with Crippen molar-refractivity contribution in [2.75, 3.05) is 0 Å². The third-order valence-corrected chi connectivity index (χ3v) is 10.8. The van der Waals surface area contributed by atoms with Gasteiger partial charge in [-0.25, -0.2) is 15.0 Å². The van der Waals surface area contributed by atoms with Gasteiger partial charge in [-0.1, -0.05) is 103 Å². The molecule has 7 aromatic carbocycles. The van der Waals surface area contributed by atoms with Crippen molar-refractivity contribution in [3.63, 3.8) is 0 Å². The average Bonchev–Trinajstić information content (AvgIpc) is 3.91. The van der Waals surface area contributed by atoms with E-state index in [0.29, 0.717) is 22.8 Å². The number of benzene rings is 7. The second kappa shape index (κ2) is 10.9. The van der Waals surface area contributed by atoms with Gasteiger partial charge in [0.25, 0.3) is 0 Å². The van der Waals surface area contributed by atoms with Crippen LogP contribution in [-0.4, -0.2) is 19.5 Å². The molecule has 4 aromatic heterocycles. The van der Waals surface area contributed by atoms with Crippen molar-refractivity contribution in [1.82, 2.24) is 19.5 Å². The van der Waals surface area contributed by atoms with E-state index < -0.39 is 18.1 Å². The Kier molecular flexibility index (Phi) is 5.08. The van der Waals surface area contributed by atoms with Crippen molar-refractivity contribution < 1.29 is 11.3 Å². The van der Waals surface area contributed by atoms with Crippen LogP contribution in [0.2, 0.25) is 0 Å². The summed E-state index contributed by atoms with van der Waals surface area (Å²) >= 11 is 1.64. The summed E-state index contributed by atoms with van der Waals surface area (Å²) in [5.74, 6) is 0.621. The number of rotatable bonds is 4. The number of fused-ring (bicyclic) bond motifs is 9. The van der Waals surface area contributed by atoms with Gasteiger partial charge < -0.3 is 8.98 Å². The molecular weight excluding hydrogens is 645 g/mol. The molecule has 0 fully saturated rings. The Hall–Kier alpha value is -6.63. The first kappa shape index (κ1) is 23.7. The normalized spacial score (nSPS) is 13.3. The molecule has 0 aliphatic heterocycles. The summed E-state index contributed by atoms with van der Waals surface area (Å²) in [7, 11) is 0. The van der Waals surface area contributed by atoms with E-state index in [1.165, 1.54) is 10.8 Å². The molecule has 0 amide bonds. The first-order valence-corrected chi connectivity index (χ1v) is 17.3. The van der Waals surface area contributed by atoms with Crippen molar-refractivity contribution >= 4 is 75.3 Å². The standard InChI is InChI=1S/C45H26N4OS/c1-2-11-27(12-3-1)43-46-44(28-21-24-40-36(25-28)32-15-6-9-20-39(32)50-40)48-45(47-43)35-17-10-16-34-33-23-22-29(26-41(33)51-42(34)35)49-37-18-7-4-13-30(37)31-14-5-8-19-38(31)49/h1-26H/i1D,2D,3D,11D,12D. The molecule has 6 heteroatoms. The van der Waals surface area contributed by atoms with E-state index in [0.717, 1.165) is 58.8 Å². The maximum atomic E-state index is 8.80. The lowest BCUT2D eigenvalue weighted by Gasteiger charge is -2.09. The fraction of sp³-hybridized carbons (Fsp3) is 0. The maximum absolute atomic E-state index is 8.80. The second-order valence-electron chi connectivity index (χ2n) is 12.4. The third kappa shape index (κ3) is 4.37. The smallest absolute Gasteiger partial charge is 0.165 e. The molecule has 0 atom stereocenters. The average molecular weight is 676 g/mol. The number of hydrogen-bond donors (Lipinski definition) is 0. The number of hydrogen-bond acceptors (Lipinski definition) is 5. The van der Waals surface area contributed by atoms with E-state index in [-0.39, 0.29) is 23.5 Å². The first-order valence-electron chi connectivity index (χ1n) is 19.0. The lowest BCUT2D eigenvalue weighted by molar-refractivity contribution is 0.669. The Bertz CT molecular complexity index is 3380. The van der Waals surface area contributed by atoms with Crippen LogP contribution in [0.4, 0.5) is 0 Å². The lowest BCUT2D eigenvalue weighted by atomic mass is 10.1. The molecule has 11 aromatic rings. The zero-order chi connectivity index (χ0) is 37.8. The monoisotopic (exact) mass is 675 g/mol. The van der Waals surface area contributed by atoms with Gasteiger partial charge in [-0.3, -0.25) is 0 Å². The summed E-state index contributed by atoms with van der Waals surface area (Å²) in [6.45, 7) is 0. The van der Waals surface area contributed by atoms with Crippen molar-refractivity contribution in [3.05, 3.63) is 158 Å². The Morgan fingerprint density at radius 1 is 0.510 bits per heavy atom. The van der Waals surface area contributed by atoms with E-state index >= 15 is 0 Å². The van der Waals surface area contributed by atoms with Crippen LogP contribution in [0.1, 0.15) is 6.85 Å². The summed E-state index contributed by atoms with van der Waals surface area (Å²) in [5.41, 5.74) is 6.11. The van der Waals surface area contributed by atoms with Crippen molar-refractivity contribution in [1.29, 1.82) is 0 Å². The lowest BCUT2D eigenvalue weighted by Crippen LogP contribution is -2.00. The van der Waals surface area contributed by atoms with Gasteiger partial charge in [0, 0.05) is 64.1 Å². The molecule has 0 bridgehead atoms. The van der Waals surface area contributed by atoms with E-state index in [2.05, 4.69) is 77.4 Å². The number of furan rings is 1. The molecule has 0 aliphatic rings. The molecule has 0 aliphatic carbocycles. The van der Waals surface area contributed by atoms with Gasteiger partial charge in [0.05, 0.1) is 17.9 Å². The van der Waals surface area contributed by atoms with Crippen LogP contribution in [-0.2, 0) is 0 Å². The molecule has 0 spiro atoms. The Morgan fingerprint density at radius 2 is 1.18 bits per heavy atom. The predicted octanol–water partition coefficient (Wildman–Crippen LogP) is 12.2. The van der Waals surface area contributed by atoms with Gasteiger partial charge in [-0.05, 0) is 54.6 Å². The topological polar surface area (TPSA) is 56.7 Å². The van der Waals surface area contributed by atoms with E-state index in [1.807, 2.05) is 54.6 Å². The van der Waals surface area contributed by atoms with E-state index in [4.69, 9.17) is 26.2 Å². The zero-order valence-electron chi connectivity index (χ0n) is 31.7. The molecule has 11 rings (SSSR count). The zero-order valence-corrected chi connectivity index (χ0v) is 27.5. The summed E-state index contributed by atoms with van der Waals surface area (Å²) < 4.78 is 53.1. The highest BCUT2D eigenvalue weighted by Gasteiger charge is 2.19. The highest BCUT2D eigenvalue weighted by atomic mass is 32.1. The fourth-order valence-electron chi connectivity index (χ4n) is 7.27. The summed E-state index contributed by atoms with van der Waals surface area (Å²) in [6, 6.07) is 40.8. The molecule has 238 valence electrons. The third-order valence-electron chi connectivity index (χ3n) is 9.56. The summed E-state index contributed by atoms with van der Waals surface area (Å²) in [6.07, 6.45) is 0. The second-order valence-corrected chi connectivity index (χ2v) is 13.5. The van der Waals surface area contributed by atoms with Gasteiger partial charge in [0.1, 0.15) is 11.2 Å². The van der Waals surface area contributed by atoms with Gasteiger partial charge in [0.2, 0.25) is 0 Å². The minimum absolute atomic E-state index is 0.00841. The minimum atomic E-state index is -0.481. The Labute approximate surface area is 302 Å². The molecular formula is C45H26N4OS. The highest BCUT2D eigenvalue weighted by Crippen LogP contribution is 2.42. The first-order chi connectivity index (χ1) is 27.3. The van der Waals surface area contributed by atoms with Crippen LogP contribution < -0.4 is 0 Å². The number of nitrogens with zero attached hydrogens (tertiary/aromatic N) is 4. The van der Waals surface area contributed by atoms with Crippen molar-refractivity contribution in [2.24, 2.45) is 0 Å². The van der Waals surface area contributed by atoms with Gasteiger partial charge >= 0.3 is 0 Å². The quantitative estimate of drug-likeness (QED) is 0.186. The largest absolute Gasteiger partial charge is 0.456 e. The molecule has 0 N–H and O–H groups in total. The number of thiophene rings is 1. The van der Waals surface area contributed by atoms with Crippen molar-refractivity contribution in [2.45, 2.75) is 0 Å². The van der Waals surface area contributed by atoms with Crippen molar-refractivity contribution in [3.8, 4) is 39.9 Å². The van der Waals surface area contributed by atoms with Gasteiger partial charge in [-0.15, -0.1) is 11.3 Å². The predicted molar refractivity (Wildman–Crippen MR) is 211 cm³/mol. The molecule has 0 unspecified atom stereocenters. The van der Waals surface area contributed by atoms with Gasteiger partial charge in [0.15, 0.2) is 17.5 Å². The molecule has 4 heterocycles. The summed E-state index contributed by atoms with van der Waals surface area (Å²) in [5, 5.41) is 6.35. The number of aromatic nitrogens is 4. The summed E-state index contributed by atoms with van der Waals surface area (Å²) in [4.78, 5) is 14.7. The molecule has 0 saturated heterocycles. The molecule has 0 saturated carbocycles. The fourth-order valence-corrected chi connectivity index (χ4v) is 8.51. The van der Waals surface area contributed by atoms with Crippen LogP contribution >= 0.6 is 11.3 Å². The minimum Gasteiger partial charge on any atom is -0.456 e. The molecule has 0 radical (unpaired) electrons. The van der Waals surface area contributed by atoms with Crippen LogP contribution in [0, 0.1) is 0 Å². The maximum Gasteiger partial charge on any atom is 0.165 e. The highest BCUT2D eigenvalue weighted by molar-refractivity contribution is 7.26. The Balaban J connectivity index is 1.14. The van der Waals surface area contributed by atoms with E-state index in [1.54, 1.807) is 11.3 Å². The van der Waals surface area contributed by atoms with Crippen LogP contribution in [0.25, 0.3) is 104 Å². The van der Waals surface area contributed by atoms with E-state index in [9.17, 15) is 0 Å². The Morgan fingerprint density at radius 3 is 1.98 bits per heavy atom. The molecule has 5 nitrogen and oxygen atoms in total. The van der Waals surface area contributed by atoms with Crippen LogP contribution in [0.15, 0.2) is 162 Å². The van der Waals surface area contributed by atoms with Crippen LogP contribution in [0.3, 0.4) is 0 Å².